The maximum Gasteiger partial charge on any atom is 0.389 e. The van der Waals surface area contributed by atoms with E-state index in [1.54, 1.807) is 0 Å². The Hall–Kier alpha value is -0.250. The predicted molar refractivity (Wildman–Crippen MR) is 82.5 cm³/mol. The van der Waals surface area contributed by atoms with Crippen LogP contribution in [-0.2, 0) is 4.74 Å². The van der Waals surface area contributed by atoms with Crippen LogP contribution in [0, 0.1) is 5.92 Å². The Labute approximate surface area is 128 Å². The van der Waals surface area contributed by atoms with Gasteiger partial charge in [0.15, 0.2) is 0 Å². The minimum Gasteiger partial charge on any atom is -0.376 e. The second-order valence-corrected chi connectivity index (χ2v) is 6.44. The summed E-state index contributed by atoms with van der Waals surface area (Å²) >= 11 is 0. The molecular formula is C17H33F3O. The fraction of sp³-hybridized carbons (Fsp3) is 1.00. The van der Waals surface area contributed by atoms with Crippen molar-refractivity contribution in [2.45, 2.75) is 97.3 Å². The third kappa shape index (κ3) is 11.0. The number of halogens is 3. The maximum atomic E-state index is 12.5. The van der Waals surface area contributed by atoms with Crippen molar-refractivity contribution in [3.05, 3.63) is 0 Å². The van der Waals surface area contributed by atoms with Gasteiger partial charge < -0.3 is 4.74 Å². The van der Waals surface area contributed by atoms with Crippen LogP contribution in [0.3, 0.4) is 0 Å². The summed E-state index contributed by atoms with van der Waals surface area (Å²) in [5, 5.41) is 0. The average molecular weight is 310 g/mol. The van der Waals surface area contributed by atoms with Crippen molar-refractivity contribution in [3.63, 3.8) is 0 Å². The average Bonchev–Trinajstić information content (AvgIpc) is 2.35. The SMILES string of the molecule is CCCCCCCCC(CCC(F)(F)F)C(C)(C)OCC. The van der Waals surface area contributed by atoms with Gasteiger partial charge in [0, 0.05) is 13.0 Å². The van der Waals surface area contributed by atoms with Crippen molar-refractivity contribution in [2.24, 2.45) is 5.92 Å². The van der Waals surface area contributed by atoms with E-state index in [-0.39, 0.29) is 12.3 Å². The molecule has 0 bridgehead atoms. The molecular weight excluding hydrogens is 277 g/mol. The number of rotatable bonds is 12. The van der Waals surface area contributed by atoms with E-state index in [0.717, 1.165) is 19.3 Å². The van der Waals surface area contributed by atoms with E-state index in [9.17, 15) is 13.2 Å². The summed E-state index contributed by atoms with van der Waals surface area (Å²) in [7, 11) is 0. The van der Waals surface area contributed by atoms with E-state index >= 15 is 0 Å². The van der Waals surface area contributed by atoms with E-state index in [2.05, 4.69) is 6.92 Å². The molecule has 1 unspecified atom stereocenters. The molecule has 0 aromatic heterocycles. The van der Waals surface area contributed by atoms with Crippen molar-refractivity contribution in [2.75, 3.05) is 6.61 Å². The van der Waals surface area contributed by atoms with Gasteiger partial charge in [0.1, 0.15) is 0 Å². The van der Waals surface area contributed by atoms with Gasteiger partial charge in [-0.15, -0.1) is 0 Å². The van der Waals surface area contributed by atoms with Gasteiger partial charge >= 0.3 is 6.18 Å². The third-order valence-electron chi connectivity index (χ3n) is 4.18. The molecule has 0 fully saturated rings. The first kappa shape index (κ1) is 20.8. The fourth-order valence-corrected chi connectivity index (χ4v) is 2.84. The molecule has 21 heavy (non-hydrogen) atoms. The van der Waals surface area contributed by atoms with E-state index in [0.29, 0.717) is 6.61 Å². The molecule has 0 aliphatic carbocycles. The molecule has 128 valence electrons. The summed E-state index contributed by atoms with van der Waals surface area (Å²) in [6.07, 6.45) is 3.24. The lowest BCUT2D eigenvalue weighted by Crippen LogP contribution is -2.35. The summed E-state index contributed by atoms with van der Waals surface area (Å²) in [6.45, 7) is 8.47. The zero-order valence-electron chi connectivity index (χ0n) is 14.2. The third-order valence-corrected chi connectivity index (χ3v) is 4.18. The van der Waals surface area contributed by atoms with Gasteiger partial charge in [0.25, 0.3) is 0 Å². The van der Waals surface area contributed by atoms with Crippen LogP contribution >= 0.6 is 0 Å². The monoisotopic (exact) mass is 310 g/mol. The number of hydrogen-bond donors (Lipinski definition) is 0. The highest BCUT2D eigenvalue weighted by Gasteiger charge is 2.34. The molecule has 0 aliphatic rings. The Morgan fingerprint density at radius 2 is 1.43 bits per heavy atom. The van der Waals surface area contributed by atoms with Gasteiger partial charge in [-0.25, -0.2) is 0 Å². The first-order valence-electron chi connectivity index (χ1n) is 8.43. The Balaban J connectivity index is 4.25. The normalized spacial score (nSPS) is 14.4. The molecule has 0 heterocycles. The molecule has 0 saturated heterocycles. The van der Waals surface area contributed by atoms with Gasteiger partial charge in [0.05, 0.1) is 5.60 Å². The lowest BCUT2D eigenvalue weighted by molar-refractivity contribution is -0.144. The first-order chi connectivity index (χ1) is 9.73. The van der Waals surface area contributed by atoms with Crippen LogP contribution in [0.1, 0.15) is 85.5 Å². The topological polar surface area (TPSA) is 9.23 Å². The lowest BCUT2D eigenvalue weighted by Gasteiger charge is -2.34. The van der Waals surface area contributed by atoms with Gasteiger partial charge in [0.2, 0.25) is 0 Å². The molecule has 0 N–H and O–H groups in total. The van der Waals surface area contributed by atoms with Crippen LogP contribution < -0.4 is 0 Å². The number of hydrogen-bond acceptors (Lipinski definition) is 1. The first-order valence-corrected chi connectivity index (χ1v) is 8.43. The highest BCUT2D eigenvalue weighted by molar-refractivity contribution is 4.80. The molecule has 0 amide bonds. The number of unbranched alkanes of at least 4 members (excludes halogenated alkanes) is 5. The summed E-state index contributed by atoms with van der Waals surface area (Å²) in [6, 6.07) is 0. The molecule has 4 heteroatoms. The molecule has 0 spiro atoms. The zero-order valence-corrected chi connectivity index (χ0v) is 14.2. The Morgan fingerprint density at radius 3 is 1.95 bits per heavy atom. The Kier molecular flexibility index (Phi) is 10.3. The second kappa shape index (κ2) is 10.5. The molecule has 0 rings (SSSR count). The zero-order chi connectivity index (χ0) is 16.4. The second-order valence-electron chi connectivity index (χ2n) is 6.44. The van der Waals surface area contributed by atoms with E-state index in [1.165, 1.54) is 25.7 Å². The van der Waals surface area contributed by atoms with Crippen LogP contribution in [0.4, 0.5) is 13.2 Å². The maximum absolute atomic E-state index is 12.5. The number of ether oxygens (including phenoxy) is 1. The van der Waals surface area contributed by atoms with Crippen molar-refractivity contribution in [3.8, 4) is 0 Å². The lowest BCUT2D eigenvalue weighted by atomic mass is 9.82. The van der Waals surface area contributed by atoms with Crippen molar-refractivity contribution in [1.29, 1.82) is 0 Å². The summed E-state index contributed by atoms with van der Waals surface area (Å²) in [5.74, 6) is -0.0229. The smallest absolute Gasteiger partial charge is 0.376 e. The highest BCUT2D eigenvalue weighted by atomic mass is 19.4. The highest BCUT2D eigenvalue weighted by Crippen LogP contribution is 2.34. The van der Waals surface area contributed by atoms with Crippen LogP contribution in [-0.4, -0.2) is 18.4 Å². The van der Waals surface area contributed by atoms with Crippen LogP contribution in [0.2, 0.25) is 0 Å². The number of alkyl halides is 3. The van der Waals surface area contributed by atoms with Crippen LogP contribution in [0.25, 0.3) is 0 Å². The van der Waals surface area contributed by atoms with Gasteiger partial charge in [-0.1, -0.05) is 45.4 Å². The van der Waals surface area contributed by atoms with Crippen LogP contribution in [0.5, 0.6) is 0 Å². The molecule has 0 radical (unpaired) electrons. The van der Waals surface area contributed by atoms with E-state index < -0.39 is 18.2 Å². The minimum atomic E-state index is -4.07. The molecule has 0 saturated carbocycles. The Morgan fingerprint density at radius 1 is 0.857 bits per heavy atom. The van der Waals surface area contributed by atoms with Crippen LogP contribution in [0.15, 0.2) is 0 Å². The van der Waals surface area contributed by atoms with Gasteiger partial charge in [-0.2, -0.15) is 13.2 Å². The molecule has 1 atom stereocenters. The van der Waals surface area contributed by atoms with E-state index in [4.69, 9.17) is 4.74 Å². The Bertz CT molecular complexity index is 249. The van der Waals surface area contributed by atoms with Crippen molar-refractivity contribution < 1.29 is 17.9 Å². The predicted octanol–water partition coefficient (Wildman–Crippen LogP) is 6.51. The van der Waals surface area contributed by atoms with Crippen molar-refractivity contribution >= 4 is 0 Å². The summed E-state index contributed by atoms with van der Waals surface area (Å²) in [5.41, 5.74) is -0.469. The summed E-state index contributed by atoms with van der Waals surface area (Å²) < 4.78 is 43.1. The van der Waals surface area contributed by atoms with E-state index in [1.807, 2.05) is 20.8 Å². The largest absolute Gasteiger partial charge is 0.389 e. The minimum absolute atomic E-state index is 0.0229. The molecule has 0 aromatic rings. The van der Waals surface area contributed by atoms with Gasteiger partial charge in [-0.3, -0.25) is 0 Å². The standard InChI is InChI=1S/C17H33F3O/c1-5-7-8-9-10-11-12-15(13-14-17(18,19)20)16(3,4)21-6-2/h15H,5-14H2,1-4H3. The van der Waals surface area contributed by atoms with Crippen molar-refractivity contribution in [1.82, 2.24) is 0 Å². The molecule has 0 aromatic carbocycles. The fourth-order valence-electron chi connectivity index (χ4n) is 2.84. The molecule has 1 nitrogen and oxygen atoms in total. The van der Waals surface area contributed by atoms with Gasteiger partial charge in [-0.05, 0) is 39.5 Å². The quantitative estimate of drug-likeness (QED) is 0.373. The molecule has 0 aliphatic heterocycles. The summed E-state index contributed by atoms with van der Waals surface area (Å²) in [4.78, 5) is 0.